The molecule has 0 fully saturated rings. The van der Waals surface area contributed by atoms with Gasteiger partial charge in [0.25, 0.3) is 0 Å². The van der Waals surface area contributed by atoms with E-state index in [4.69, 9.17) is 0 Å². The van der Waals surface area contributed by atoms with Crippen molar-refractivity contribution in [2.45, 2.75) is 13.3 Å². The SMILES string of the molecule is Cc1ccc2nc(NC(=O)Cc3ccccc3)sc2c1. The lowest BCUT2D eigenvalue weighted by Crippen LogP contribution is -2.13. The summed E-state index contributed by atoms with van der Waals surface area (Å²) >= 11 is 1.51. The largest absolute Gasteiger partial charge is 0.302 e. The molecule has 0 unspecified atom stereocenters. The van der Waals surface area contributed by atoms with E-state index in [-0.39, 0.29) is 5.91 Å². The Morgan fingerprint density at radius 2 is 2.00 bits per heavy atom. The predicted octanol–water partition coefficient (Wildman–Crippen LogP) is 3.79. The van der Waals surface area contributed by atoms with Crippen LogP contribution in [0.2, 0.25) is 0 Å². The zero-order valence-electron chi connectivity index (χ0n) is 11.1. The van der Waals surface area contributed by atoms with Crippen LogP contribution in [0.1, 0.15) is 11.1 Å². The van der Waals surface area contributed by atoms with Crippen LogP contribution in [-0.2, 0) is 11.2 Å². The quantitative estimate of drug-likeness (QED) is 0.794. The van der Waals surface area contributed by atoms with Crippen molar-refractivity contribution in [1.29, 1.82) is 0 Å². The van der Waals surface area contributed by atoms with Gasteiger partial charge in [-0.2, -0.15) is 0 Å². The van der Waals surface area contributed by atoms with Gasteiger partial charge in [0.05, 0.1) is 16.6 Å². The summed E-state index contributed by atoms with van der Waals surface area (Å²) in [5, 5.41) is 3.53. The maximum Gasteiger partial charge on any atom is 0.230 e. The number of anilines is 1. The fraction of sp³-hybridized carbons (Fsp3) is 0.125. The Kier molecular flexibility index (Phi) is 3.48. The molecule has 0 bridgehead atoms. The lowest BCUT2D eigenvalue weighted by molar-refractivity contribution is -0.115. The second kappa shape index (κ2) is 5.43. The first kappa shape index (κ1) is 12.8. The molecule has 3 rings (SSSR count). The molecular formula is C16H14N2OS. The zero-order chi connectivity index (χ0) is 13.9. The molecule has 0 atom stereocenters. The van der Waals surface area contributed by atoms with Crippen LogP contribution in [0.3, 0.4) is 0 Å². The molecule has 4 heteroatoms. The van der Waals surface area contributed by atoms with Gasteiger partial charge in [0, 0.05) is 0 Å². The van der Waals surface area contributed by atoms with Crippen LogP contribution in [0.15, 0.2) is 48.5 Å². The average molecular weight is 282 g/mol. The summed E-state index contributed by atoms with van der Waals surface area (Å²) in [7, 11) is 0. The summed E-state index contributed by atoms with van der Waals surface area (Å²) in [5.41, 5.74) is 3.13. The third kappa shape index (κ3) is 2.86. The summed E-state index contributed by atoms with van der Waals surface area (Å²) < 4.78 is 1.10. The van der Waals surface area contributed by atoms with Crippen LogP contribution in [0.4, 0.5) is 5.13 Å². The van der Waals surface area contributed by atoms with Crippen molar-refractivity contribution < 1.29 is 4.79 Å². The van der Waals surface area contributed by atoms with E-state index >= 15 is 0 Å². The number of thiazole rings is 1. The normalized spacial score (nSPS) is 10.7. The van der Waals surface area contributed by atoms with Crippen LogP contribution >= 0.6 is 11.3 Å². The van der Waals surface area contributed by atoms with E-state index in [9.17, 15) is 4.79 Å². The van der Waals surface area contributed by atoms with Crippen LogP contribution < -0.4 is 5.32 Å². The number of rotatable bonds is 3. The Bertz CT molecular complexity index is 750. The first-order valence-electron chi connectivity index (χ1n) is 6.42. The highest BCUT2D eigenvalue weighted by Gasteiger charge is 2.08. The molecule has 20 heavy (non-hydrogen) atoms. The van der Waals surface area contributed by atoms with Crippen molar-refractivity contribution in [3.8, 4) is 0 Å². The fourth-order valence-corrected chi connectivity index (χ4v) is 3.01. The molecule has 0 radical (unpaired) electrons. The van der Waals surface area contributed by atoms with Crippen LogP contribution in [0, 0.1) is 6.92 Å². The molecular weight excluding hydrogens is 268 g/mol. The molecule has 0 aliphatic rings. The number of hydrogen-bond acceptors (Lipinski definition) is 3. The topological polar surface area (TPSA) is 42.0 Å². The maximum atomic E-state index is 12.0. The van der Waals surface area contributed by atoms with Gasteiger partial charge < -0.3 is 5.32 Å². The first-order chi connectivity index (χ1) is 9.70. The standard InChI is InChI=1S/C16H14N2OS/c1-11-7-8-13-14(9-11)20-16(17-13)18-15(19)10-12-5-3-2-4-6-12/h2-9H,10H2,1H3,(H,17,18,19). The molecule has 0 aliphatic heterocycles. The Balaban J connectivity index is 1.74. The molecule has 100 valence electrons. The Hall–Kier alpha value is -2.20. The predicted molar refractivity (Wildman–Crippen MR) is 83.1 cm³/mol. The van der Waals surface area contributed by atoms with E-state index in [2.05, 4.69) is 16.4 Å². The lowest BCUT2D eigenvalue weighted by Gasteiger charge is -2.01. The van der Waals surface area contributed by atoms with Gasteiger partial charge in [-0.25, -0.2) is 4.98 Å². The number of carbonyl (C=O) groups is 1. The van der Waals surface area contributed by atoms with Crippen LogP contribution in [0.5, 0.6) is 0 Å². The van der Waals surface area contributed by atoms with Gasteiger partial charge >= 0.3 is 0 Å². The lowest BCUT2D eigenvalue weighted by atomic mass is 10.1. The van der Waals surface area contributed by atoms with E-state index in [1.165, 1.54) is 16.9 Å². The van der Waals surface area contributed by atoms with E-state index < -0.39 is 0 Å². The highest BCUT2D eigenvalue weighted by Crippen LogP contribution is 2.26. The number of fused-ring (bicyclic) bond motifs is 1. The molecule has 0 spiro atoms. The molecule has 2 aromatic carbocycles. The second-order valence-electron chi connectivity index (χ2n) is 4.70. The second-order valence-corrected chi connectivity index (χ2v) is 5.73. The Morgan fingerprint density at radius 1 is 1.20 bits per heavy atom. The van der Waals surface area contributed by atoms with Crippen molar-refractivity contribution in [3.05, 3.63) is 59.7 Å². The molecule has 1 heterocycles. The monoisotopic (exact) mass is 282 g/mol. The minimum Gasteiger partial charge on any atom is -0.302 e. The third-order valence-corrected chi connectivity index (χ3v) is 3.93. The van der Waals surface area contributed by atoms with Crippen molar-refractivity contribution >= 4 is 32.6 Å². The summed E-state index contributed by atoms with van der Waals surface area (Å²) in [6.07, 6.45) is 0.371. The highest BCUT2D eigenvalue weighted by atomic mass is 32.1. The number of nitrogens with zero attached hydrogens (tertiary/aromatic N) is 1. The van der Waals surface area contributed by atoms with Crippen LogP contribution in [0.25, 0.3) is 10.2 Å². The van der Waals surface area contributed by atoms with E-state index in [0.29, 0.717) is 11.6 Å². The third-order valence-electron chi connectivity index (χ3n) is 3.00. The Morgan fingerprint density at radius 3 is 2.80 bits per heavy atom. The van der Waals surface area contributed by atoms with Gasteiger partial charge in [-0.1, -0.05) is 47.7 Å². The molecule has 1 aromatic heterocycles. The fourth-order valence-electron chi connectivity index (χ4n) is 2.03. The number of carbonyl (C=O) groups excluding carboxylic acids is 1. The number of aryl methyl sites for hydroxylation is 1. The number of aromatic nitrogens is 1. The first-order valence-corrected chi connectivity index (χ1v) is 7.23. The molecule has 0 saturated heterocycles. The van der Waals surface area contributed by atoms with Gasteiger partial charge in [0.15, 0.2) is 5.13 Å². The molecule has 1 N–H and O–H groups in total. The van der Waals surface area contributed by atoms with Crippen molar-refractivity contribution in [1.82, 2.24) is 4.98 Å². The van der Waals surface area contributed by atoms with E-state index in [1.54, 1.807) is 0 Å². The van der Waals surface area contributed by atoms with E-state index in [1.807, 2.05) is 49.4 Å². The Labute approximate surface area is 121 Å². The highest BCUT2D eigenvalue weighted by molar-refractivity contribution is 7.22. The minimum atomic E-state index is -0.0352. The number of hydrogen-bond donors (Lipinski definition) is 1. The number of amides is 1. The smallest absolute Gasteiger partial charge is 0.230 e. The van der Waals surface area contributed by atoms with Gasteiger partial charge in [0.2, 0.25) is 5.91 Å². The summed E-state index contributed by atoms with van der Waals surface area (Å²) in [5.74, 6) is -0.0352. The van der Waals surface area contributed by atoms with Crippen molar-refractivity contribution in [3.63, 3.8) is 0 Å². The molecule has 0 aliphatic carbocycles. The number of benzene rings is 2. The molecule has 3 nitrogen and oxygen atoms in total. The summed E-state index contributed by atoms with van der Waals surface area (Å²) in [6, 6.07) is 15.8. The zero-order valence-corrected chi connectivity index (χ0v) is 11.9. The molecule has 0 saturated carbocycles. The summed E-state index contributed by atoms with van der Waals surface area (Å²) in [4.78, 5) is 16.4. The minimum absolute atomic E-state index is 0.0352. The van der Waals surface area contributed by atoms with Crippen molar-refractivity contribution in [2.75, 3.05) is 5.32 Å². The van der Waals surface area contributed by atoms with Crippen molar-refractivity contribution in [2.24, 2.45) is 0 Å². The van der Waals surface area contributed by atoms with Gasteiger partial charge in [0.1, 0.15) is 0 Å². The maximum absolute atomic E-state index is 12.0. The average Bonchev–Trinajstić information content (AvgIpc) is 2.80. The van der Waals surface area contributed by atoms with Crippen LogP contribution in [-0.4, -0.2) is 10.9 Å². The number of nitrogens with one attached hydrogen (secondary N) is 1. The summed E-state index contributed by atoms with van der Waals surface area (Å²) in [6.45, 7) is 2.05. The van der Waals surface area contributed by atoms with Gasteiger partial charge in [-0.3, -0.25) is 4.79 Å². The molecule has 3 aromatic rings. The van der Waals surface area contributed by atoms with E-state index in [0.717, 1.165) is 15.8 Å². The molecule has 1 amide bonds. The van der Waals surface area contributed by atoms with Gasteiger partial charge in [-0.15, -0.1) is 0 Å². The van der Waals surface area contributed by atoms with Gasteiger partial charge in [-0.05, 0) is 30.2 Å².